The number of nitro groups is 1. The van der Waals surface area contributed by atoms with Crippen molar-refractivity contribution in [1.82, 2.24) is 19.6 Å². The van der Waals surface area contributed by atoms with E-state index in [1.165, 1.54) is 12.1 Å². The van der Waals surface area contributed by atoms with Gasteiger partial charge in [0.1, 0.15) is 17.2 Å². The Bertz CT molecular complexity index is 1120. The van der Waals surface area contributed by atoms with Crippen LogP contribution in [0.25, 0.3) is 0 Å². The van der Waals surface area contributed by atoms with Crippen LogP contribution in [-0.2, 0) is 17.9 Å². The number of nitrogens with zero attached hydrogens (tertiary/aromatic N) is 5. The van der Waals surface area contributed by atoms with Crippen molar-refractivity contribution in [2.24, 2.45) is 0 Å². The number of hydrogen-bond donors (Lipinski definition) is 1. The summed E-state index contributed by atoms with van der Waals surface area (Å²) in [5, 5.41) is 22.7. The Balaban J connectivity index is 1.59. The van der Waals surface area contributed by atoms with Crippen LogP contribution >= 0.6 is 0 Å². The summed E-state index contributed by atoms with van der Waals surface area (Å²) in [5.41, 5.74) is 3.94. The number of aryl methyl sites for hydroxylation is 3. The fourth-order valence-corrected chi connectivity index (χ4v) is 3.56. The second-order valence-electron chi connectivity index (χ2n) is 7.48. The van der Waals surface area contributed by atoms with Gasteiger partial charge in [-0.3, -0.25) is 24.3 Å². The SMILES string of the molecule is Cc1nn(Cc2ccc(F)cc2)c(C)c1NC(=O)CCCn1nc(C)c([N+](=O)[O-])c1C. The Labute approximate surface area is 179 Å². The minimum atomic E-state index is -0.434. The molecule has 3 rings (SSSR count). The first-order valence-corrected chi connectivity index (χ1v) is 9.94. The highest BCUT2D eigenvalue weighted by Gasteiger charge is 2.21. The molecule has 9 nitrogen and oxygen atoms in total. The Morgan fingerprint density at radius 1 is 1.06 bits per heavy atom. The van der Waals surface area contributed by atoms with Gasteiger partial charge in [0.2, 0.25) is 5.91 Å². The molecule has 164 valence electrons. The molecule has 0 fully saturated rings. The molecule has 0 bridgehead atoms. The monoisotopic (exact) mass is 428 g/mol. The quantitative estimate of drug-likeness (QED) is 0.433. The molecule has 0 saturated heterocycles. The summed E-state index contributed by atoms with van der Waals surface area (Å²) in [4.78, 5) is 23.1. The van der Waals surface area contributed by atoms with E-state index in [0.29, 0.717) is 42.3 Å². The predicted octanol–water partition coefficient (Wildman–Crippen LogP) is 3.83. The Kier molecular flexibility index (Phi) is 6.47. The van der Waals surface area contributed by atoms with Gasteiger partial charge in [-0.25, -0.2) is 4.39 Å². The molecule has 31 heavy (non-hydrogen) atoms. The van der Waals surface area contributed by atoms with Crippen molar-refractivity contribution in [2.45, 2.75) is 53.6 Å². The van der Waals surface area contributed by atoms with Gasteiger partial charge < -0.3 is 5.32 Å². The molecule has 3 aromatic rings. The molecule has 0 aliphatic carbocycles. The van der Waals surface area contributed by atoms with E-state index < -0.39 is 4.92 Å². The van der Waals surface area contributed by atoms with Gasteiger partial charge in [-0.1, -0.05) is 12.1 Å². The smallest absolute Gasteiger partial charge is 0.312 e. The van der Waals surface area contributed by atoms with E-state index >= 15 is 0 Å². The highest BCUT2D eigenvalue weighted by Crippen LogP contribution is 2.23. The molecule has 0 radical (unpaired) electrons. The third-order valence-electron chi connectivity index (χ3n) is 5.19. The lowest BCUT2D eigenvalue weighted by Crippen LogP contribution is -2.14. The fourth-order valence-electron chi connectivity index (χ4n) is 3.56. The largest absolute Gasteiger partial charge is 0.323 e. The highest BCUT2D eigenvalue weighted by molar-refractivity contribution is 5.91. The molecule has 10 heteroatoms. The first-order valence-electron chi connectivity index (χ1n) is 9.94. The molecule has 0 saturated carbocycles. The summed E-state index contributed by atoms with van der Waals surface area (Å²) in [6.07, 6.45) is 0.737. The molecule has 2 heterocycles. The number of anilines is 1. The Hall–Kier alpha value is -3.56. The maximum atomic E-state index is 13.1. The topological polar surface area (TPSA) is 108 Å². The van der Waals surface area contributed by atoms with Crippen LogP contribution in [0.1, 0.15) is 41.2 Å². The van der Waals surface area contributed by atoms with Gasteiger partial charge in [0.05, 0.1) is 28.5 Å². The number of amides is 1. The van der Waals surface area contributed by atoms with Gasteiger partial charge in [-0.2, -0.15) is 10.2 Å². The van der Waals surface area contributed by atoms with Gasteiger partial charge in [0, 0.05) is 13.0 Å². The molecular formula is C21H25FN6O3. The first-order chi connectivity index (χ1) is 14.7. The van der Waals surface area contributed by atoms with E-state index in [1.807, 2.05) is 13.8 Å². The minimum Gasteiger partial charge on any atom is -0.323 e. The van der Waals surface area contributed by atoms with Crippen LogP contribution in [-0.4, -0.2) is 30.4 Å². The van der Waals surface area contributed by atoms with Gasteiger partial charge in [0.25, 0.3) is 0 Å². The molecular weight excluding hydrogens is 403 g/mol. The molecule has 1 N–H and O–H groups in total. The van der Waals surface area contributed by atoms with Crippen molar-refractivity contribution >= 4 is 17.3 Å². The van der Waals surface area contributed by atoms with Crippen molar-refractivity contribution in [3.05, 3.63) is 68.5 Å². The average molecular weight is 428 g/mol. The number of nitrogens with one attached hydrogen (secondary N) is 1. The lowest BCUT2D eigenvalue weighted by molar-refractivity contribution is -0.386. The fraction of sp³-hybridized carbons (Fsp3) is 0.381. The molecule has 0 aliphatic heterocycles. The third-order valence-corrected chi connectivity index (χ3v) is 5.19. The van der Waals surface area contributed by atoms with Gasteiger partial charge in [0.15, 0.2) is 0 Å². The Morgan fingerprint density at radius 2 is 1.71 bits per heavy atom. The second-order valence-corrected chi connectivity index (χ2v) is 7.48. The number of benzene rings is 1. The van der Waals surface area contributed by atoms with E-state index in [0.717, 1.165) is 11.3 Å². The zero-order valence-corrected chi connectivity index (χ0v) is 18.0. The number of halogens is 1. The van der Waals surface area contributed by atoms with E-state index in [2.05, 4.69) is 15.5 Å². The molecule has 0 spiro atoms. The van der Waals surface area contributed by atoms with Crippen LogP contribution in [0.15, 0.2) is 24.3 Å². The van der Waals surface area contributed by atoms with Crippen molar-refractivity contribution in [2.75, 3.05) is 5.32 Å². The van der Waals surface area contributed by atoms with Crippen molar-refractivity contribution in [1.29, 1.82) is 0 Å². The van der Waals surface area contributed by atoms with Crippen LogP contribution in [0.3, 0.4) is 0 Å². The van der Waals surface area contributed by atoms with Gasteiger partial charge in [-0.05, 0) is 51.8 Å². The summed E-state index contributed by atoms with van der Waals surface area (Å²) in [5.74, 6) is -0.455. The first kappa shape index (κ1) is 22.1. The van der Waals surface area contributed by atoms with E-state index in [9.17, 15) is 19.3 Å². The lowest BCUT2D eigenvalue weighted by atomic mass is 10.2. The van der Waals surface area contributed by atoms with Crippen LogP contribution in [0.2, 0.25) is 0 Å². The maximum Gasteiger partial charge on any atom is 0.312 e. The molecule has 0 unspecified atom stereocenters. The average Bonchev–Trinajstić information content (AvgIpc) is 3.13. The van der Waals surface area contributed by atoms with E-state index in [4.69, 9.17) is 0 Å². The Morgan fingerprint density at radius 3 is 2.32 bits per heavy atom. The summed E-state index contributed by atoms with van der Waals surface area (Å²) < 4.78 is 16.4. The summed E-state index contributed by atoms with van der Waals surface area (Å²) in [7, 11) is 0. The van der Waals surface area contributed by atoms with Gasteiger partial charge >= 0.3 is 5.69 Å². The normalized spacial score (nSPS) is 11.0. The number of rotatable bonds is 8. The molecule has 2 aromatic heterocycles. The highest BCUT2D eigenvalue weighted by atomic mass is 19.1. The number of carbonyl (C=O) groups is 1. The van der Waals surface area contributed by atoms with Crippen LogP contribution in [0.4, 0.5) is 15.8 Å². The van der Waals surface area contributed by atoms with Crippen molar-refractivity contribution in [3.8, 4) is 0 Å². The molecule has 1 amide bonds. The molecule has 1 aromatic carbocycles. The van der Waals surface area contributed by atoms with Crippen LogP contribution in [0.5, 0.6) is 0 Å². The number of aromatic nitrogens is 4. The van der Waals surface area contributed by atoms with Crippen LogP contribution < -0.4 is 5.32 Å². The third kappa shape index (κ3) is 4.96. The van der Waals surface area contributed by atoms with Crippen LogP contribution in [0, 0.1) is 43.6 Å². The zero-order valence-electron chi connectivity index (χ0n) is 18.0. The lowest BCUT2D eigenvalue weighted by Gasteiger charge is -2.08. The van der Waals surface area contributed by atoms with Gasteiger partial charge in [-0.15, -0.1) is 0 Å². The number of hydrogen-bond acceptors (Lipinski definition) is 5. The summed E-state index contributed by atoms with van der Waals surface area (Å²) >= 11 is 0. The number of carbonyl (C=O) groups excluding carboxylic acids is 1. The zero-order chi connectivity index (χ0) is 22.7. The predicted molar refractivity (Wildman–Crippen MR) is 113 cm³/mol. The summed E-state index contributed by atoms with van der Waals surface area (Å²) in [6, 6.07) is 6.21. The minimum absolute atomic E-state index is 0.0178. The van der Waals surface area contributed by atoms with Crippen molar-refractivity contribution < 1.29 is 14.1 Å². The summed E-state index contributed by atoms with van der Waals surface area (Å²) in [6.45, 7) is 7.83. The molecule has 0 atom stereocenters. The molecule has 0 aliphatic rings. The standard InChI is InChI=1S/C21H25FN6O3/c1-13-20(15(3)27(24-13)12-17-7-9-18(22)10-8-17)23-19(29)6-5-11-26-16(4)21(28(30)31)14(2)25-26/h7-10H,5-6,11-12H2,1-4H3,(H,23,29). The van der Waals surface area contributed by atoms with E-state index in [-0.39, 0.29) is 23.8 Å². The maximum absolute atomic E-state index is 13.1. The second kappa shape index (κ2) is 9.07. The van der Waals surface area contributed by atoms with Crippen molar-refractivity contribution in [3.63, 3.8) is 0 Å². The van der Waals surface area contributed by atoms with E-state index in [1.54, 1.807) is 35.3 Å².